The van der Waals surface area contributed by atoms with Gasteiger partial charge in [0.2, 0.25) is 5.95 Å². The third kappa shape index (κ3) is 4.05. The van der Waals surface area contributed by atoms with Crippen LogP contribution in [0.4, 0.5) is 5.95 Å². The number of benzene rings is 1. The maximum atomic E-state index is 12.9. The maximum absolute atomic E-state index is 12.9. The van der Waals surface area contributed by atoms with Gasteiger partial charge in [-0.2, -0.15) is 0 Å². The highest BCUT2D eigenvalue weighted by Crippen LogP contribution is 2.30. The fourth-order valence-electron chi connectivity index (χ4n) is 3.55. The fraction of sp³-hybridized carbons (Fsp3) is 0.286. The van der Waals surface area contributed by atoms with Gasteiger partial charge in [-0.3, -0.25) is 14.2 Å². The Bertz CT molecular complexity index is 1110. The number of anilines is 1. The topological polar surface area (TPSA) is 81.0 Å². The molecule has 0 N–H and O–H groups in total. The molecule has 29 heavy (non-hydrogen) atoms. The molecule has 0 fully saturated rings. The van der Waals surface area contributed by atoms with Gasteiger partial charge < -0.3 is 4.90 Å². The van der Waals surface area contributed by atoms with E-state index >= 15 is 0 Å². The van der Waals surface area contributed by atoms with Crippen LogP contribution in [-0.2, 0) is 6.54 Å². The molecule has 0 spiro atoms. The van der Waals surface area contributed by atoms with Crippen molar-refractivity contribution in [3.05, 3.63) is 69.9 Å². The number of nitrogens with zero attached hydrogens (tertiary/aromatic N) is 5. The second-order valence-corrected chi connectivity index (χ2v) is 8.35. The van der Waals surface area contributed by atoms with Crippen LogP contribution in [0.2, 0.25) is 5.02 Å². The Morgan fingerprint density at radius 2 is 1.90 bits per heavy atom. The van der Waals surface area contributed by atoms with Gasteiger partial charge >= 0.3 is 0 Å². The summed E-state index contributed by atoms with van der Waals surface area (Å²) in [6.07, 6.45) is 3.02. The molecule has 3 aromatic rings. The average Bonchev–Trinajstić information content (AvgIpc) is 2.69. The number of halogens is 1. The molecule has 0 saturated heterocycles. The van der Waals surface area contributed by atoms with Gasteiger partial charge in [0.25, 0.3) is 5.56 Å². The van der Waals surface area contributed by atoms with E-state index in [1.807, 2.05) is 4.90 Å². The molecule has 2 aromatic heterocycles. The molecule has 0 amide bonds. The Morgan fingerprint density at radius 3 is 2.59 bits per heavy atom. The van der Waals surface area contributed by atoms with Crippen LogP contribution in [0.15, 0.2) is 53.7 Å². The summed E-state index contributed by atoms with van der Waals surface area (Å²) in [5, 5.41) is 0.578. The summed E-state index contributed by atoms with van der Waals surface area (Å²) in [6, 6.07) is 9.98. The number of carbonyl (C=O) groups excluding carboxylic acids is 1. The fourth-order valence-corrected chi connectivity index (χ4v) is 3.68. The summed E-state index contributed by atoms with van der Waals surface area (Å²) < 4.78 is 1.63. The van der Waals surface area contributed by atoms with Crippen LogP contribution in [0, 0.1) is 5.41 Å². The standard InChI is InChI=1S/C21H20ClN5O2/c1-21(2)11-26(10-18(28)14-3-5-15(22)6-4-14)20-25-17(9-19(29)27(20)12-21)16-7-8-23-13-24-16/h3-9,13H,10-12H2,1-2H3. The Balaban J connectivity index is 1.74. The molecule has 7 nitrogen and oxygen atoms in total. The Kier molecular flexibility index (Phi) is 4.92. The van der Waals surface area contributed by atoms with Crippen LogP contribution in [-0.4, -0.2) is 38.4 Å². The molecule has 4 rings (SSSR count). The monoisotopic (exact) mass is 409 g/mol. The second-order valence-electron chi connectivity index (χ2n) is 7.91. The Hall–Kier alpha value is -3.06. The summed E-state index contributed by atoms with van der Waals surface area (Å²) in [6.45, 7) is 5.39. The minimum atomic E-state index is -0.185. The zero-order chi connectivity index (χ0) is 20.6. The van der Waals surface area contributed by atoms with Crippen molar-refractivity contribution < 1.29 is 4.79 Å². The summed E-state index contributed by atoms with van der Waals surface area (Å²) in [4.78, 5) is 40.3. The van der Waals surface area contributed by atoms with E-state index in [0.717, 1.165) is 0 Å². The molecule has 0 unspecified atom stereocenters. The van der Waals surface area contributed by atoms with Crippen LogP contribution in [0.5, 0.6) is 0 Å². The van der Waals surface area contributed by atoms with Crippen molar-refractivity contribution >= 4 is 23.3 Å². The number of ketones is 1. The molecule has 0 atom stereocenters. The highest BCUT2D eigenvalue weighted by Gasteiger charge is 2.33. The van der Waals surface area contributed by atoms with Gasteiger partial charge in [-0.25, -0.2) is 15.0 Å². The summed E-state index contributed by atoms with van der Waals surface area (Å²) in [5.41, 5.74) is 1.25. The lowest BCUT2D eigenvalue weighted by Gasteiger charge is -2.40. The molecule has 0 saturated carbocycles. The van der Waals surface area contributed by atoms with Gasteiger partial charge in [-0.05, 0) is 30.3 Å². The van der Waals surface area contributed by atoms with Crippen molar-refractivity contribution in [3.63, 3.8) is 0 Å². The molecule has 0 radical (unpaired) electrons. The molecule has 0 bridgehead atoms. The SMILES string of the molecule is CC1(C)CN(CC(=O)c2ccc(Cl)cc2)c2nc(-c3ccncn3)cc(=O)n2C1. The molecule has 1 aromatic carbocycles. The third-order valence-electron chi connectivity index (χ3n) is 4.82. The Morgan fingerprint density at radius 1 is 1.14 bits per heavy atom. The number of carbonyl (C=O) groups is 1. The zero-order valence-corrected chi connectivity index (χ0v) is 16.9. The zero-order valence-electron chi connectivity index (χ0n) is 16.2. The molecule has 8 heteroatoms. The largest absolute Gasteiger partial charge is 0.334 e. The first-order chi connectivity index (χ1) is 13.8. The highest BCUT2D eigenvalue weighted by molar-refractivity contribution is 6.30. The van der Waals surface area contributed by atoms with Crippen molar-refractivity contribution in [2.45, 2.75) is 20.4 Å². The predicted octanol–water partition coefficient (Wildman–Crippen LogP) is 3.08. The van der Waals surface area contributed by atoms with Crippen molar-refractivity contribution in [1.82, 2.24) is 19.5 Å². The lowest BCUT2D eigenvalue weighted by atomic mass is 9.90. The maximum Gasteiger partial charge on any atom is 0.255 e. The number of Topliss-reactive ketones (excluding diaryl/α,β-unsaturated/α-hetero) is 1. The lowest BCUT2D eigenvalue weighted by Crippen LogP contribution is -2.49. The number of fused-ring (bicyclic) bond motifs is 1. The molecule has 0 aliphatic carbocycles. The number of rotatable bonds is 4. The third-order valence-corrected chi connectivity index (χ3v) is 5.07. The van der Waals surface area contributed by atoms with Crippen LogP contribution in [0.25, 0.3) is 11.4 Å². The molecule has 1 aliphatic rings. The molecule has 1 aliphatic heterocycles. The smallest absolute Gasteiger partial charge is 0.255 e. The molecular formula is C21H20ClN5O2. The first-order valence-electron chi connectivity index (χ1n) is 9.24. The van der Waals surface area contributed by atoms with Gasteiger partial charge in [-0.1, -0.05) is 25.4 Å². The van der Waals surface area contributed by atoms with Crippen LogP contribution < -0.4 is 10.5 Å². The van der Waals surface area contributed by atoms with Crippen LogP contribution in [0.1, 0.15) is 24.2 Å². The van der Waals surface area contributed by atoms with Crippen molar-refractivity contribution in [1.29, 1.82) is 0 Å². The number of aromatic nitrogens is 4. The van der Waals surface area contributed by atoms with E-state index in [9.17, 15) is 9.59 Å². The highest BCUT2D eigenvalue weighted by atomic mass is 35.5. The molecule has 3 heterocycles. The van der Waals surface area contributed by atoms with Gasteiger partial charge in [0.15, 0.2) is 5.78 Å². The minimum Gasteiger partial charge on any atom is -0.334 e. The first kappa shape index (κ1) is 19.3. The van der Waals surface area contributed by atoms with Gasteiger partial charge in [0.1, 0.15) is 6.33 Å². The van der Waals surface area contributed by atoms with E-state index in [4.69, 9.17) is 11.6 Å². The van der Waals surface area contributed by atoms with Crippen molar-refractivity contribution in [3.8, 4) is 11.4 Å². The summed E-state index contributed by atoms with van der Waals surface area (Å²) in [7, 11) is 0. The molecule has 148 valence electrons. The van der Waals surface area contributed by atoms with E-state index in [1.165, 1.54) is 12.4 Å². The second kappa shape index (κ2) is 7.40. The minimum absolute atomic E-state index is 0.0624. The average molecular weight is 410 g/mol. The quantitative estimate of drug-likeness (QED) is 0.616. The molecular weight excluding hydrogens is 390 g/mol. The van der Waals surface area contributed by atoms with Gasteiger partial charge in [0, 0.05) is 41.4 Å². The lowest BCUT2D eigenvalue weighted by molar-refractivity contribution is 0.0993. The number of hydrogen-bond donors (Lipinski definition) is 0. The van der Waals surface area contributed by atoms with Crippen molar-refractivity contribution in [2.75, 3.05) is 18.0 Å². The first-order valence-corrected chi connectivity index (χ1v) is 9.62. The van der Waals surface area contributed by atoms with E-state index in [2.05, 4.69) is 28.8 Å². The van der Waals surface area contributed by atoms with Gasteiger partial charge in [-0.15, -0.1) is 0 Å². The van der Waals surface area contributed by atoms with E-state index in [-0.39, 0.29) is 23.3 Å². The van der Waals surface area contributed by atoms with E-state index < -0.39 is 0 Å². The van der Waals surface area contributed by atoms with E-state index in [1.54, 1.807) is 41.1 Å². The van der Waals surface area contributed by atoms with E-state index in [0.29, 0.717) is 41.0 Å². The van der Waals surface area contributed by atoms with Gasteiger partial charge in [0.05, 0.1) is 17.9 Å². The number of hydrogen-bond acceptors (Lipinski definition) is 6. The summed E-state index contributed by atoms with van der Waals surface area (Å²) >= 11 is 5.93. The van der Waals surface area contributed by atoms with Crippen molar-refractivity contribution in [2.24, 2.45) is 5.41 Å². The summed E-state index contributed by atoms with van der Waals surface area (Å²) in [5.74, 6) is 0.417. The predicted molar refractivity (Wildman–Crippen MR) is 111 cm³/mol. The van der Waals surface area contributed by atoms with Crippen LogP contribution >= 0.6 is 11.6 Å². The Labute approximate surface area is 173 Å². The normalized spacial score (nSPS) is 15.1. The van der Waals surface area contributed by atoms with Crippen LogP contribution in [0.3, 0.4) is 0 Å².